The molecule has 0 aromatic heterocycles. The van der Waals surface area contributed by atoms with Crippen LogP contribution >= 0.6 is 0 Å². The number of ether oxygens (including phenoxy) is 1. The molecule has 0 unspecified atom stereocenters. The zero-order valence-corrected chi connectivity index (χ0v) is 20.8. The summed E-state index contributed by atoms with van der Waals surface area (Å²) in [5.41, 5.74) is 1.54. The van der Waals surface area contributed by atoms with Crippen molar-refractivity contribution >= 4 is 0 Å². The van der Waals surface area contributed by atoms with Gasteiger partial charge in [0.05, 0.1) is 6.61 Å². The summed E-state index contributed by atoms with van der Waals surface area (Å²) in [5.74, 6) is 4.84. The van der Waals surface area contributed by atoms with Crippen molar-refractivity contribution in [1.29, 1.82) is 0 Å². The van der Waals surface area contributed by atoms with Gasteiger partial charge in [0, 0.05) is 0 Å². The van der Waals surface area contributed by atoms with Crippen LogP contribution in [0.2, 0.25) is 0 Å². The molecule has 0 spiro atoms. The minimum atomic E-state index is 0.782. The maximum absolute atomic E-state index is 6.09. The third kappa shape index (κ3) is 8.82. The second-order valence-corrected chi connectivity index (χ2v) is 10.8. The third-order valence-electron chi connectivity index (χ3n) is 8.37. The van der Waals surface area contributed by atoms with Crippen LogP contribution in [-0.2, 0) is 0 Å². The second-order valence-electron chi connectivity index (χ2n) is 10.8. The molecule has 0 saturated heterocycles. The molecule has 2 aliphatic rings. The molecule has 31 heavy (non-hydrogen) atoms. The Balaban J connectivity index is 1.27. The van der Waals surface area contributed by atoms with Crippen molar-refractivity contribution in [3.8, 4) is 5.75 Å². The minimum Gasteiger partial charge on any atom is -0.494 e. The van der Waals surface area contributed by atoms with Crippen LogP contribution in [0.25, 0.3) is 0 Å². The highest BCUT2D eigenvalue weighted by molar-refractivity contribution is 5.29. The van der Waals surface area contributed by atoms with E-state index in [0.29, 0.717) is 0 Å². The minimum absolute atomic E-state index is 0.782. The summed E-state index contributed by atoms with van der Waals surface area (Å²) in [6.07, 6.45) is 24.1. The van der Waals surface area contributed by atoms with Gasteiger partial charge in [-0.25, -0.2) is 0 Å². The highest BCUT2D eigenvalue weighted by atomic mass is 16.5. The highest BCUT2D eigenvalue weighted by Crippen LogP contribution is 2.38. The first-order chi connectivity index (χ1) is 15.3. The van der Waals surface area contributed by atoms with E-state index < -0.39 is 0 Å². The standard InChI is InChI=1S/C30H50O/c1-3-5-7-10-26-12-14-27(15-13-26)11-8-24-31-30-22-20-29(21-23-30)28-18-16-25(17-19-28)9-6-4-2/h20-23,25-28H,3-19,24H2,1-2H3. The smallest absolute Gasteiger partial charge is 0.119 e. The molecule has 176 valence electrons. The van der Waals surface area contributed by atoms with Gasteiger partial charge in [-0.05, 0) is 79.9 Å². The summed E-state index contributed by atoms with van der Waals surface area (Å²) < 4.78 is 6.09. The van der Waals surface area contributed by atoms with Gasteiger partial charge in [0.2, 0.25) is 0 Å². The van der Waals surface area contributed by atoms with E-state index in [9.17, 15) is 0 Å². The fraction of sp³-hybridized carbons (Fsp3) is 0.800. The van der Waals surface area contributed by atoms with Crippen LogP contribution in [0.3, 0.4) is 0 Å². The molecule has 2 fully saturated rings. The van der Waals surface area contributed by atoms with Gasteiger partial charge in [0.1, 0.15) is 5.75 Å². The molecule has 1 aromatic carbocycles. The van der Waals surface area contributed by atoms with Crippen LogP contribution in [0.5, 0.6) is 5.75 Å². The zero-order valence-electron chi connectivity index (χ0n) is 20.8. The molecule has 0 radical (unpaired) electrons. The fourth-order valence-electron chi connectivity index (χ4n) is 6.17. The van der Waals surface area contributed by atoms with E-state index >= 15 is 0 Å². The number of hydrogen-bond acceptors (Lipinski definition) is 1. The summed E-state index contributed by atoms with van der Waals surface area (Å²) in [5, 5.41) is 0. The predicted molar refractivity (Wildman–Crippen MR) is 135 cm³/mol. The Morgan fingerprint density at radius 1 is 0.613 bits per heavy atom. The number of unbranched alkanes of at least 4 members (excludes halogenated alkanes) is 3. The maximum Gasteiger partial charge on any atom is 0.119 e. The van der Waals surface area contributed by atoms with Crippen molar-refractivity contribution in [2.45, 2.75) is 129 Å². The van der Waals surface area contributed by atoms with Crippen molar-refractivity contribution < 1.29 is 4.74 Å². The van der Waals surface area contributed by atoms with E-state index in [4.69, 9.17) is 4.74 Å². The van der Waals surface area contributed by atoms with Crippen LogP contribution in [0.1, 0.15) is 134 Å². The summed E-state index contributed by atoms with van der Waals surface area (Å²) in [6.45, 7) is 5.52. The van der Waals surface area contributed by atoms with Gasteiger partial charge in [-0.15, -0.1) is 0 Å². The third-order valence-corrected chi connectivity index (χ3v) is 8.37. The van der Waals surface area contributed by atoms with E-state index in [2.05, 4.69) is 38.1 Å². The average Bonchev–Trinajstić information content (AvgIpc) is 2.82. The number of rotatable bonds is 13. The predicted octanol–water partition coefficient (Wildman–Crippen LogP) is 9.70. The monoisotopic (exact) mass is 426 g/mol. The Kier molecular flexibility index (Phi) is 11.3. The van der Waals surface area contributed by atoms with Gasteiger partial charge in [-0.1, -0.05) is 96.6 Å². The van der Waals surface area contributed by atoms with Crippen LogP contribution in [0.4, 0.5) is 0 Å². The molecule has 0 N–H and O–H groups in total. The Bertz CT molecular complexity index is 561. The summed E-state index contributed by atoms with van der Waals surface area (Å²) in [6, 6.07) is 9.12. The van der Waals surface area contributed by atoms with Crippen molar-refractivity contribution in [2.24, 2.45) is 17.8 Å². The Labute approximate surface area is 193 Å². The van der Waals surface area contributed by atoms with Crippen LogP contribution in [-0.4, -0.2) is 6.61 Å². The van der Waals surface area contributed by atoms with Crippen LogP contribution < -0.4 is 4.74 Å². The molecule has 0 aliphatic heterocycles. The van der Waals surface area contributed by atoms with Crippen molar-refractivity contribution in [2.75, 3.05) is 6.61 Å². The highest BCUT2D eigenvalue weighted by Gasteiger charge is 2.22. The van der Waals surface area contributed by atoms with Gasteiger partial charge < -0.3 is 4.74 Å². The molecular weight excluding hydrogens is 376 g/mol. The molecule has 2 saturated carbocycles. The number of benzene rings is 1. The Morgan fingerprint density at radius 3 is 1.71 bits per heavy atom. The summed E-state index contributed by atoms with van der Waals surface area (Å²) in [4.78, 5) is 0. The first-order valence-electron chi connectivity index (χ1n) is 14.0. The molecule has 1 heteroatoms. The maximum atomic E-state index is 6.09. The fourth-order valence-corrected chi connectivity index (χ4v) is 6.17. The van der Waals surface area contributed by atoms with Gasteiger partial charge in [-0.2, -0.15) is 0 Å². The quantitative estimate of drug-likeness (QED) is 0.285. The molecule has 3 rings (SSSR count). The second kappa shape index (κ2) is 14.2. The largest absolute Gasteiger partial charge is 0.494 e. The molecule has 2 aliphatic carbocycles. The lowest BCUT2D eigenvalue weighted by Crippen LogP contribution is -2.15. The lowest BCUT2D eigenvalue weighted by atomic mass is 9.77. The number of hydrogen-bond donors (Lipinski definition) is 0. The molecule has 0 heterocycles. The lowest BCUT2D eigenvalue weighted by molar-refractivity contribution is 0.228. The van der Waals surface area contributed by atoms with Crippen LogP contribution in [0.15, 0.2) is 24.3 Å². The van der Waals surface area contributed by atoms with Crippen LogP contribution in [0, 0.1) is 17.8 Å². The molecule has 0 atom stereocenters. The molecule has 1 nitrogen and oxygen atoms in total. The normalized spacial score (nSPS) is 26.6. The van der Waals surface area contributed by atoms with Gasteiger partial charge in [-0.3, -0.25) is 0 Å². The SMILES string of the molecule is CCCCCC1CCC(CCCOc2ccc(C3CCC(CCCC)CC3)cc2)CC1. The summed E-state index contributed by atoms with van der Waals surface area (Å²) >= 11 is 0. The van der Waals surface area contributed by atoms with Crippen molar-refractivity contribution in [1.82, 2.24) is 0 Å². The van der Waals surface area contributed by atoms with E-state index in [0.717, 1.165) is 36.0 Å². The van der Waals surface area contributed by atoms with Gasteiger partial charge >= 0.3 is 0 Å². The first kappa shape index (κ1) is 24.7. The van der Waals surface area contributed by atoms with E-state index in [1.54, 1.807) is 0 Å². The van der Waals surface area contributed by atoms with Crippen molar-refractivity contribution in [3.63, 3.8) is 0 Å². The van der Waals surface area contributed by atoms with E-state index in [1.807, 2.05) is 0 Å². The van der Waals surface area contributed by atoms with E-state index in [-0.39, 0.29) is 0 Å². The first-order valence-corrected chi connectivity index (χ1v) is 14.0. The molecule has 0 bridgehead atoms. The summed E-state index contributed by atoms with van der Waals surface area (Å²) in [7, 11) is 0. The molecular formula is C30H50O. The Hall–Kier alpha value is -0.980. The van der Waals surface area contributed by atoms with E-state index in [1.165, 1.54) is 115 Å². The molecule has 0 amide bonds. The van der Waals surface area contributed by atoms with Gasteiger partial charge in [0.15, 0.2) is 0 Å². The van der Waals surface area contributed by atoms with Crippen molar-refractivity contribution in [3.05, 3.63) is 29.8 Å². The zero-order chi connectivity index (χ0) is 21.7. The van der Waals surface area contributed by atoms with Gasteiger partial charge in [0.25, 0.3) is 0 Å². The molecule has 1 aromatic rings. The lowest BCUT2D eigenvalue weighted by Gasteiger charge is -2.29. The average molecular weight is 427 g/mol. The Morgan fingerprint density at radius 2 is 1.13 bits per heavy atom. The topological polar surface area (TPSA) is 9.23 Å².